The number of morpholine rings is 1. The number of furan rings is 1. The molecule has 1 saturated heterocycles. The van der Waals surface area contributed by atoms with Gasteiger partial charge in [-0.15, -0.1) is 0 Å². The third-order valence-corrected chi connectivity index (χ3v) is 3.73. The smallest absolute Gasteiger partial charge is 0.229 e. The van der Waals surface area contributed by atoms with Crippen molar-refractivity contribution < 1.29 is 13.9 Å². The quantitative estimate of drug-likeness (QED) is 0.666. The van der Waals surface area contributed by atoms with E-state index in [0.29, 0.717) is 41.4 Å². The van der Waals surface area contributed by atoms with E-state index in [1.54, 1.807) is 6.07 Å². The van der Waals surface area contributed by atoms with Crippen LogP contribution >= 0.6 is 0 Å². The molecule has 0 spiro atoms. The van der Waals surface area contributed by atoms with Gasteiger partial charge in [-0.1, -0.05) is 0 Å². The summed E-state index contributed by atoms with van der Waals surface area (Å²) in [6.07, 6.45) is 2.26. The molecule has 0 aromatic carbocycles. The first kappa shape index (κ1) is 13.1. The Balaban J connectivity index is 1.98. The first-order chi connectivity index (χ1) is 10.8. The highest BCUT2D eigenvalue weighted by atomic mass is 16.5. The lowest BCUT2D eigenvalue weighted by Crippen LogP contribution is -2.37. The summed E-state index contributed by atoms with van der Waals surface area (Å²) >= 11 is 0. The molecule has 0 saturated carbocycles. The lowest BCUT2D eigenvalue weighted by molar-refractivity contribution is 0.112. The van der Waals surface area contributed by atoms with E-state index in [1.165, 1.54) is 6.20 Å². The maximum Gasteiger partial charge on any atom is 0.229 e. The zero-order valence-corrected chi connectivity index (χ0v) is 12.1. The number of aldehydes is 1. The number of carbonyl (C=O) groups excluding carboxylic acids is 1. The van der Waals surface area contributed by atoms with E-state index in [1.807, 2.05) is 6.92 Å². The van der Waals surface area contributed by atoms with Crippen LogP contribution in [0.3, 0.4) is 0 Å². The number of hydrogen-bond acceptors (Lipinski definition) is 7. The first-order valence-electron chi connectivity index (χ1n) is 7.11. The Morgan fingerprint density at radius 3 is 2.86 bits per heavy atom. The van der Waals surface area contributed by atoms with Crippen LogP contribution in [0.1, 0.15) is 16.2 Å². The molecule has 3 aromatic heterocycles. The van der Waals surface area contributed by atoms with Gasteiger partial charge in [0.15, 0.2) is 17.7 Å². The highest BCUT2D eigenvalue weighted by Crippen LogP contribution is 2.32. The molecule has 4 rings (SSSR count). The summed E-state index contributed by atoms with van der Waals surface area (Å²) in [5, 5.41) is 0.736. The molecule has 0 amide bonds. The lowest BCUT2D eigenvalue weighted by atomic mass is 10.2. The highest BCUT2D eigenvalue weighted by Gasteiger charge is 2.21. The summed E-state index contributed by atoms with van der Waals surface area (Å²) in [6.45, 7) is 4.70. The summed E-state index contributed by atoms with van der Waals surface area (Å²) in [6, 6.07) is 1.75. The number of anilines is 1. The fourth-order valence-corrected chi connectivity index (χ4v) is 2.69. The molecule has 7 heteroatoms. The zero-order valence-electron chi connectivity index (χ0n) is 12.1. The predicted molar refractivity (Wildman–Crippen MR) is 80.3 cm³/mol. The van der Waals surface area contributed by atoms with Crippen LogP contribution in [0, 0.1) is 6.92 Å². The zero-order chi connectivity index (χ0) is 15.1. The van der Waals surface area contributed by atoms with Crippen molar-refractivity contribution in [3.63, 3.8) is 0 Å². The van der Waals surface area contributed by atoms with Crippen molar-refractivity contribution in [2.75, 3.05) is 31.2 Å². The number of carbonyl (C=O) groups is 1. The van der Waals surface area contributed by atoms with Gasteiger partial charge in [0.05, 0.1) is 18.6 Å². The maximum atomic E-state index is 11.0. The molecule has 112 valence electrons. The van der Waals surface area contributed by atoms with E-state index in [0.717, 1.165) is 30.6 Å². The Hall–Kier alpha value is -2.54. The van der Waals surface area contributed by atoms with Crippen LogP contribution in [-0.2, 0) is 4.74 Å². The molecular weight excluding hydrogens is 284 g/mol. The third kappa shape index (κ3) is 2.01. The van der Waals surface area contributed by atoms with Gasteiger partial charge in [-0.3, -0.25) is 4.79 Å². The van der Waals surface area contributed by atoms with Gasteiger partial charge in [0.2, 0.25) is 5.71 Å². The number of aromatic nitrogens is 3. The topological polar surface area (TPSA) is 81.4 Å². The lowest BCUT2D eigenvalue weighted by Gasteiger charge is -2.27. The van der Waals surface area contributed by atoms with E-state index < -0.39 is 0 Å². The molecule has 0 aliphatic carbocycles. The molecule has 0 radical (unpaired) electrons. The Morgan fingerprint density at radius 2 is 2.09 bits per heavy atom. The van der Waals surface area contributed by atoms with Crippen molar-refractivity contribution in [3.05, 3.63) is 23.7 Å². The van der Waals surface area contributed by atoms with E-state index in [2.05, 4.69) is 19.9 Å². The van der Waals surface area contributed by atoms with Crippen LogP contribution < -0.4 is 4.90 Å². The Labute approximate surface area is 125 Å². The average Bonchev–Trinajstić information content (AvgIpc) is 2.92. The van der Waals surface area contributed by atoms with E-state index in [-0.39, 0.29) is 0 Å². The van der Waals surface area contributed by atoms with Gasteiger partial charge in [0.25, 0.3) is 0 Å². The van der Waals surface area contributed by atoms with E-state index >= 15 is 0 Å². The minimum atomic E-state index is 0.468. The Morgan fingerprint density at radius 1 is 1.27 bits per heavy atom. The van der Waals surface area contributed by atoms with Crippen LogP contribution in [0.15, 0.2) is 16.7 Å². The van der Waals surface area contributed by atoms with Crippen molar-refractivity contribution in [2.45, 2.75) is 6.92 Å². The molecule has 0 N–H and O–H groups in total. The number of nitrogens with zero attached hydrogens (tertiary/aromatic N) is 4. The number of ether oxygens (including phenoxy) is 1. The second-order valence-electron chi connectivity index (χ2n) is 5.21. The largest absolute Gasteiger partial charge is 0.432 e. The molecule has 0 bridgehead atoms. The van der Waals surface area contributed by atoms with Gasteiger partial charge in [-0.2, -0.15) is 0 Å². The minimum Gasteiger partial charge on any atom is -0.432 e. The van der Waals surface area contributed by atoms with Crippen molar-refractivity contribution in [1.29, 1.82) is 0 Å². The molecule has 0 unspecified atom stereocenters. The van der Waals surface area contributed by atoms with Gasteiger partial charge in [-0.05, 0) is 13.0 Å². The van der Waals surface area contributed by atoms with Gasteiger partial charge >= 0.3 is 0 Å². The van der Waals surface area contributed by atoms with E-state index in [4.69, 9.17) is 9.15 Å². The Bertz CT molecular complexity index is 868. The summed E-state index contributed by atoms with van der Waals surface area (Å²) in [7, 11) is 0. The second kappa shape index (κ2) is 5.03. The predicted octanol–water partition coefficient (Wildman–Crippen LogP) is 1.73. The van der Waals surface area contributed by atoms with Gasteiger partial charge in [-0.25, -0.2) is 15.0 Å². The standard InChI is InChI=1S/C15H14N4O3/c1-9-17-12-11-6-10(8-20)7-16-15(11)22-13(12)14(18-9)19-2-4-21-5-3-19/h6-8H,2-5H2,1H3. The number of aryl methyl sites for hydroxylation is 1. The molecule has 3 aromatic rings. The Kier molecular flexibility index (Phi) is 3.00. The molecule has 1 aliphatic rings. The van der Waals surface area contributed by atoms with Crippen molar-refractivity contribution in [3.8, 4) is 0 Å². The highest BCUT2D eigenvalue weighted by molar-refractivity contribution is 6.05. The van der Waals surface area contributed by atoms with Crippen molar-refractivity contribution >= 4 is 34.3 Å². The number of rotatable bonds is 2. The van der Waals surface area contributed by atoms with Gasteiger partial charge in [0, 0.05) is 24.8 Å². The van der Waals surface area contributed by atoms with Crippen LogP contribution in [0.25, 0.3) is 22.2 Å². The molecular formula is C15H14N4O3. The normalized spacial score (nSPS) is 15.6. The summed E-state index contributed by atoms with van der Waals surface area (Å²) in [5.74, 6) is 1.42. The number of fused-ring (bicyclic) bond motifs is 3. The number of pyridine rings is 1. The average molecular weight is 298 g/mol. The van der Waals surface area contributed by atoms with Crippen LogP contribution in [0.5, 0.6) is 0 Å². The summed E-state index contributed by atoms with van der Waals surface area (Å²) < 4.78 is 11.2. The molecule has 0 atom stereocenters. The van der Waals surface area contributed by atoms with Crippen LogP contribution in [-0.4, -0.2) is 47.5 Å². The fourth-order valence-electron chi connectivity index (χ4n) is 2.69. The minimum absolute atomic E-state index is 0.468. The second-order valence-corrected chi connectivity index (χ2v) is 5.21. The summed E-state index contributed by atoms with van der Waals surface area (Å²) in [4.78, 5) is 26.3. The van der Waals surface area contributed by atoms with E-state index in [9.17, 15) is 4.79 Å². The van der Waals surface area contributed by atoms with Gasteiger partial charge < -0.3 is 14.1 Å². The monoisotopic (exact) mass is 298 g/mol. The molecule has 1 fully saturated rings. The SMILES string of the molecule is Cc1nc(N2CCOCC2)c2oc3ncc(C=O)cc3c2n1. The maximum absolute atomic E-state index is 11.0. The molecule has 4 heterocycles. The molecule has 22 heavy (non-hydrogen) atoms. The van der Waals surface area contributed by atoms with Crippen LogP contribution in [0.2, 0.25) is 0 Å². The van der Waals surface area contributed by atoms with Crippen LogP contribution in [0.4, 0.5) is 5.82 Å². The molecule has 1 aliphatic heterocycles. The molecule has 7 nitrogen and oxygen atoms in total. The van der Waals surface area contributed by atoms with Crippen molar-refractivity contribution in [1.82, 2.24) is 15.0 Å². The fraction of sp³-hybridized carbons (Fsp3) is 0.333. The van der Waals surface area contributed by atoms with Crippen molar-refractivity contribution in [2.24, 2.45) is 0 Å². The summed E-state index contributed by atoms with van der Waals surface area (Å²) in [5.41, 5.74) is 2.27. The number of hydrogen-bond donors (Lipinski definition) is 0. The first-order valence-corrected chi connectivity index (χ1v) is 7.11. The van der Waals surface area contributed by atoms with Gasteiger partial charge in [0.1, 0.15) is 11.3 Å². The third-order valence-electron chi connectivity index (χ3n) is 3.73.